The van der Waals surface area contributed by atoms with E-state index in [1.807, 2.05) is 43.3 Å². The van der Waals surface area contributed by atoms with Gasteiger partial charge in [0.2, 0.25) is 0 Å². The average Bonchev–Trinajstić information content (AvgIpc) is 3.06. The van der Waals surface area contributed by atoms with Crippen LogP contribution in [0, 0.1) is 6.92 Å². The molecule has 1 atom stereocenters. The highest BCUT2D eigenvalue weighted by atomic mass is 16.3. The Hall–Kier alpha value is -3.24. The van der Waals surface area contributed by atoms with Gasteiger partial charge in [0, 0.05) is 11.1 Å². The molecule has 1 amide bonds. The summed E-state index contributed by atoms with van der Waals surface area (Å²) in [4.78, 5) is 28.7. The predicted molar refractivity (Wildman–Crippen MR) is 139 cm³/mol. The van der Waals surface area contributed by atoms with Crippen LogP contribution in [-0.4, -0.2) is 16.8 Å². The molecule has 1 N–H and O–H groups in total. The largest absolute Gasteiger partial charge is 0.375 e. The number of aryl methyl sites for hydroxylation is 3. The Morgan fingerprint density at radius 1 is 1.00 bits per heavy atom. The Morgan fingerprint density at radius 3 is 2.51 bits per heavy atom. The van der Waals surface area contributed by atoms with Gasteiger partial charge in [-0.3, -0.25) is 9.59 Å². The lowest BCUT2D eigenvalue weighted by Gasteiger charge is -2.24. The summed E-state index contributed by atoms with van der Waals surface area (Å²) >= 11 is 0. The van der Waals surface area contributed by atoms with Crippen molar-refractivity contribution in [3.8, 4) is 0 Å². The van der Waals surface area contributed by atoms with E-state index in [0.29, 0.717) is 29.3 Å². The van der Waals surface area contributed by atoms with Crippen LogP contribution in [0.5, 0.6) is 0 Å². The molecule has 4 heteroatoms. The van der Waals surface area contributed by atoms with Gasteiger partial charge in [0.15, 0.2) is 11.4 Å². The molecule has 0 spiro atoms. The lowest BCUT2D eigenvalue weighted by Crippen LogP contribution is -2.41. The van der Waals surface area contributed by atoms with Gasteiger partial charge in [-0.05, 0) is 78.5 Å². The third kappa shape index (κ3) is 4.21. The number of aliphatic hydroxyl groups is 1. The number of hydrogen-bond acceptors (Lipinski definition) is 3. The van der Waals surface area contributed by atoms with Gasteiger partial charge >= 0.3 is 0 Å². The predicted octanol–water partition coefficient (Wildman–Crippen LogP) is 6.00. The maximum absolute atomic E-state index is 13.7. The van der Waals surface area contributed by atoms with Crippen molar-refractivity contribution >= 4 is 17.4 Å². The van der Waals surface area contributed by atoms with Gasteiger partial charge in [-0.1, -0.05) is 62.4 Å². The first kappa shape index (κ1) is 23.5. The lowest BCUT2D eigenvalue weighted by atomic mass is 9.85. The van der Waals surface area contributed by atoms with Crippen LogP contribution in [0.4, 0.5) is 5.69 Å². The summed E-state index contributed by atoms with van der Waals surface area (Å²) in [5.41, 5.74) is 5.76. The summed E-state index contributed by atoms with van der Waals surface area (Å²) in [6.45, 7) is 6.70. The topological polar surface area (TPSA) is 57.6 Å². The number of nitrogens with zero attached hydrogens (tertiary/aromatic N) is 1. The molecule has 1 heterocycles. The molecule has 1 aliphatic heterocycles. The molecule has 0 fully saturated rings. The Bertz CT molecular complexity index is 1310. The van der Waals surface area contributed by atoms with Crippen molar-refractivity contribution in [2.75, 3.05) is 4.90 Å². The molecule has 4 nitrogen and oxygen atoms in total. The average molecular weight is 468 g/mol. The van der Waals surface area contributed by atoms with Crippen molar-refractivity contribution in [3.63, 3.8) is 0 Å². The molecule has 3 aromatic carbocycles. The zero-order valence-corrected chi connectivity index (χ0v) is 20.8. The summed E-state index contributed by atoms with van der Waals surface area (Å²) in [5, 5.41) is 11.7. The van der Waals surface area contributed by atoms with Crippen molar-refractivity contribution < 1.29 is 14.7 Å². The van der Waals surface area contributed by atoms with E-state index in [4.69, 9.17) is 0 Å². The van der Waals surface area contributed by atoms with Crippen molar-refractivity contribution in [3.05, 3.63) is 99.6 Å². The van der Waals surface area contributed by atoms with Gasteiger partial charge < -0.3 is 10.0 Å². The summed E-state index contributed by atoms with van der Waals surface area (Å²) in [6, 6.07) is 19.5. The van der Waals surface area contributed by atoms with Crippen LogP contribution in [0.15, 0.2) is 60.7 Å². The first-order valence-corrected chi connectivity index (χ1v) is 12.7. The first-order valence-electron chi connectivity index (χ1n) is 12.7. The fraction of sp³-hybridized carbons (Fsp3) is 0.355. The monoisotopic (exact) mass is 467 g/mol. The number of carbonyl (C=O) groups is 2. The van der Waals surface area contributed by atoms with Crippen molar-refractivity contribution in [1.29, 1.82) is 0 Å². The van der Waals surface area contributed by atoms with E-state index in [9.17, 15) is 14.7 Å². The summed E-state index contributed by atoms with van der Waals surface area (Å²) < 4.78 is 0. The Morgan fingerprint density at radius 2 is 1.74 bits per heavy atom. The van der Waals surface area contributed by atoms with Gasteiger partial charge in [-0.15, -0.1) is 0 Å². The SMILES string of the molecule is Cc1ccc(C(C)C)cc1CN1C(=O)[C@](O)(CC(=O)c2ccc3c(c2)CCCC3)c2ccccc21. The molecule has 0 saturated heterocycles. The van der Waals surface area contributed by atoms with E-state index in [-0.39, 0.29) is 12.2 Å². The molecule has 1 aliphatic carbocycles. The number of amides is 1. The maximum atomic E-state index is 13.7. The van der Waals surface area contributed by atoms with E-state index in [1.165, 1.54) is 23.1 Å². The maximum Gasteiger partial charge on any atom is 0.264 e. The number of carbonyl (C=O) groups excluding carboxylic acids is 2. The van der Waals surface area contributed by atoms with Crippen LogP contribution < -0.4 is 4.90 Å². The number of benzene rings is 3. The highest BCUT2D eigenvalue weighted by Gasteiger charge is 2.50. The van der Waals surface area contributed by atoms with E-state index < -0.39 is 11.5 Å². The molecule has 0 bridgehead atoms. The summed E-state index contributed by atoms with van der Waals surface area (Å²) in [7, 11) is 0. The zero-order valence-electron chi connectivity index (χ0n) is 20.8. The Kier molecular flexibility index (Phi) is 6.10. The van der Waals surface area contributed by atoms with Crippen molar-refractivity contribution in [2.45, 2.75) is 70.9 Å². The molecular weight excluding hydrogens is 434 g/mol. The molecule has 5 rings (SSSR count). The Balaban J connectivity index is 1.46. The molecule has 35 heavy (non-hydrogen) atoms. The molecule has 180 valence electrons. The fourth-order valence-corrected chi connectivity index (χ4v) is 5.47. The van der Waals surface area contributed by atoms with Crippen molar-refractivity contribution in [1.82, 2.24) is 0 Å². The van der Waals surface area contributed by atoms with E-state index >= 15 is 0 Å². The molecule has 0 radical (unpaired) electrons. The normalized spacial score (nSPS) is 19.1. The molecular formula is C31H33NO3. The number of fused-ring (bicyclic) bond motifs is 2. The molecule has 2 aliphatic rings. The van der Waals surface area contributed by atoms with E-state index in [2.05, 4.69) is 32.0 Å². The fourth-order valence-electron chi connectivity index (χ4n) is 5.47. The quantitative estimate of drug-likeness (QED) is 0.452. The van der Waals surface area contributed by atoms with Gasteiger partial charge in [0.1, 0.15) is 0 Å². The second kappa shape index (κ2) is 9.09. The highest BCUT2D eigenvalue weighted by Crippen LogP contribution is 2.44. The van der Waals surface area contributed by atoms with Crippen LogP contribution >= 0.6 is 0 Å². The molecule has 0 unspecified atom stereocenters. The number of rotatable bonds is 6. The summed E-state index contributed by atoms with van der Waals surface area (Å²) in [6.07, 6.45) is 4.08. The highest BCUT2D eigenvalue weighted by molar-refractivity contribution is 6.10. The third-order valence-electron chi connectivity index (χ3n) is 7.69. The van der Waals surface area contributed by atoms with Gasteiger partial charge in [-0.25, -0.2) is 0 Å². The number of ketones is 1. The standard InChI is InChI=1S/C31H33NO3/c1-20(2)23-13-12-21(3)26(16-23)19-32-28-11-7-6-10-27(28)31(35,30(32)34)18-29(33)25-15-14-22-8-4-5-9-24(22)17-25/h6-7,10-17,20,35H,4-5,8-9,18-19H2,1-3H3/t31-/m0/s1. The van der Waals surface area contributed by atoms with Crippen molar-refractivity contribution in [2.24, 2.45) is 0 Å². The van der Waals surface area contributed by atoms with Crippen LogP contribution in [0.1, 0.15) is 82.8 Å². The number of anilines is 1. The van der Waals surface area contributed by atoms with Crippen LogP contribution in [0.3, 0.4) is 0 Å². The second-order valence-corrected chi connectivity index (χ2v) is 10.4. The van der Waals surface area contributed by atoms with E-state index in [1.54, 1.807) is 11.0 Å². The first-order chi connectivity index (χ1) is 16.8. The molecule has 3 aromatic rings. The summed E-state index contributed by atoms with van der Waals surface area (Å²) in [5.74, 6) is -0.259. The minimum Gasteiger partial charge on any atom is -0.375 e. The zero-order chi connectivity index (χ0) is 24.7. The number of Topliss-reactive ketones (excluding diaryl/α,β-unsaturated/α-hetero) is 1. The van der Waals surface area contributed by atoms with Gasteiger partial charge in [-0.2, -0.15) is 0 Å². The van der Waals surface area contributed by atoms with Gasteiger partial charge in [0.05, 0.1) is 18.7 Å². The molecule has 0 saturated carbocycles. The van der Waals surface area contributed by atoms with Crippen LogP contribution in [-0.2, 0) is 29.8 Å². The lowest BCUT2D eigenvalue weighted by molar-refractivity contribution is -0.136. The third-order valence-corrected chi connectivity index (χ3v) is 7.69. The van der Waals surface area contributed by atoms with Crippen LogP contribution in [0.2, 0.25) is 0 Å². The minimum atomic E-state index is -1.87. The van der Waals surface area contributed by atoms with Gasteiger partial charge in [0.25, 0.3) is 5.91 Å². The smallest absolute Gasteiger partial charge is 0.264 e. The second-order valence-electron chi connectivity index (χ2n) is 10.4. The number of hydrogen-bond donors (Lipinski definition) is 1. The van der Waals surface area contributed by atoms with E-state index in [0.717, 1.165) is 30.4 Å². The molecule has 0 aromatic heterocycles. The van der Waals surface area contributed by atoms with Crippen LogP contribution in [0.25, 0.3) is 0 Å². The number of para-hydroxylation sites is 1. The minimum absolute atomic E-state index is 0.205. The Labute approximate surface area is 207 Å².